The van der Waals surface area contributed by atoms with E-state index in [1.165, 1.54) is 49.6 Å². The Balaban J connectivity index is 0.928. The molecule has 65 heavy (non-hydrogen) atoms. The maximum absolute atomic E-state index is 2.37. The highest BCUT2D eigenvalue weighted by Crippen LogP contribution is 2.42. The summed E-state index contributed by atoms with van der Waals surface area (Å²) in [6, 6.07) is 92.0. The van der Waals surface area contributed by atoms with Crippen LogP contribution in [-0.2, 0) is 6.42 Å². The summed E-state index contributed by atoms with van der Waals surface area (Å²) in [5.74, 6) is 0. The maximum Gasteiger partial charge on any atom is 0.0542 e. The van der Waals surface area contributed by atoms with Crippen molar-refractivity contribution >= 4 is 55.9 Å². The molecule has 10 aromatic carbocycles. The lowest BCUT2D eigenvalue weighted by molar-refractivity contribution is 1.18. The fraction of sp³-hybridized carbons (Fsp3) is 0.0323. The molecule has 0 saturated carbocycles. The topological polar surface area (TPSA) is 11.4 Å². The minimum Gasteiger partial charge on any atom is -0.310 e. The third-order valence-corrected chi connectivity index (χ3v) is 12.6. The highest BCUT2D eigenvalue weighted by atomic mass is 15.1. The molecule has 3 nitrogen and oxygen atoms in total. The van der Waals surface area contributed by atoms with Crippen molar-refractivity contribution < 1.29 is 0 Å². The van der Waals surface area contributed by atoms with Gasteiger partial charge in [0.15, 0.2) is 0 Å². The van der Waals surface area contributed by atoms with E-state index in [1.54, 1.807) is 0 Å². The second-order valence-corrected chi connectivity index (χ2v) is 16.6. The van der Waals surface area contributed by atoms with Crippen LogP contribution in [0.4, 0.5) is 34.1 Å². The predicted molar refractivity (Wildman–Crippen MR) is 275 cm³/mol. The third-order valence-electron chi connectivity index (χ3n) is 12.6. The molecule has 0 atom stereocenters. The Hall–Kier alpha value is -8.40. The number of benzene rings is 10. The molecule has 11 aromatic rings. The zero-order valence-electron chi connectivity index (χ0n) is 36.3. The molecule has 11 rings (SSSR count). The Bertz CT molecular complexity index is 3380. The molecule has 0 spiro atoms. The van der Waals surface area contributed by atoms with Gasteiger partial charge in [0, 0.05) is 50.6 Å². The molecular weight excluding hydrogens is 787 g/mol. The van der Waals surface area contributed by atoms with E-state index < -0.39 is 0 Å². The fourth-order valence-electron chi connectivity index (χ4n) is 9.40. The van der Waals surface area contributed by atoms with E-state index in [2.05, 4.69) is 276 Å². The number of aromatic nitrogens is 1. The molecule has 0 aliphatic heterocycles. The highest BCUT2D eigenvalue weighted by Gasteiger charge is 2.19. The molecule has 310 valence electrons. The number of fused-ring (bicyclic) bond motifs is 3. The molecule has 0 aliphatic rings. The summed E-state index contributed by atoms with van der Waals surface area (Å²) in [6.45, 7) is 2.22. The van der Waals surface area contributed by atoms with Crippen molar-refractivity contribution in [1.82, 2.24) is 4.57 Å². The molecular formula is C62H47N3. The van der Waals surface area contributed by atoms with Crippen LogP contribution in [0.1, 0.15) is 16.7 Å². The molecule has 0 saturated heterocycles. The van der Waals surface area contributed by atoms with Crippen LogP contribution in [0.5, 0.6) is 0 Å². The zero-order valence-corrected chi connectivity index (χ0v) is 36.3. The number of para-hydroxylation sites is 4. The first-order chi connectivity index (χ1) is 32.2. The van der Waals surface area contributed by atoms with Gasteiger partial charge >= 0.3 is 0 Å². The Morgan fingerprint density at radius 3 is 1.43 bits per heavy atom. The third kappa shape index (κ3) is 7.75. The molecule has 0 fully saturated rings. The molecule has 0 amide bonds. The second kappa shape index (κ2) is 17.4. The minimum absolute atomic E-state index is 0.882. The van der Waals surface area contributed by atoms with E-state index >= 15 is 0 Å². The quantitative estimate of drug-likeness (QED) is 0.129. The normalized spacial score (nSPS) is 11.2. The molecule has 0 N–H and O–H groups in total. The van der Waals surface area contributed by atoms with Gasteiger partial charge in [-0.15, -0.1) is 0 Å². The van der Waals surface area contributed by atoms with Crippen LogP contribution in [0.3, 0.4) is 0 Å². The zero-order chi connectivity index (χ0) is 43.5. The van der Waals surface area contributed by atoms with Crippen LogP contribution in [0.15, 0.2) is 255 Å². The van der Waals surface area contributed by atoms with Gasteiger partial charge in [0.2, 0.25) is 0 Å². The first-order valence-corrected chi connectivity index (χ1v) is 22.4. The predicted octanol–water partition coefficient (Wildman–Crippen LogP) is 17.0. The molecule has 0 bridgehead atoms. The van der Waals surface area contributed by atoms with E-state index in [1.807, 2.05) is 0 Å². The molecule has 0 unspecified atom stereocenters. The summed E-state index contributed by atoms with van der Waals surface area (Å²) in [5, 5.41) is 2.46. The maximum atomic E-state index is 2.37. The van der Waals surface area contributed by atoms with Crippen LogP contribution < -0.4 is 9.80 Å². The summed E-state index contributed by atoms with van der Waals surface area (Å²) in [5.41, 5.74) is 18.9. The number of hydrogen-bond acceptors (Lipinski definition) is 2. The van der Waals surface area contributed by atoms with Crippen LogP contribution in [0.2, 0.25) is 0 Å². The lowest BCUT2D eigenvalue weighted by Gasteiger charge is -2.27. The number of anilines is 6. The Morgan fingerprint density at radius 2 is 0.800 bits per heavy atom. The number of aryl methyl sites for hydroxylation is 1. The highest BCUT2D eigenvalue weighted by molar-refractivity contribution is 6.10. The monoisotopic (exact) mass is 833 g/mol. The Morgan fingerprint density at radius 1 is 0.338 bits per heavy atom. The van der Waals surface area contributed by atoms with Crippen molar-refractivity contribution in [1.29, 1.82) is 0 Å². The van der Waals surface area contributed by atoms with E-state index in [0.29, 0.717) is 0 Å². The Labute approximate surface area is 381 Å². The number of rotatable bonds is 11. The lowest BCUT2D eigenvalue weighted by atomic mass is 9.92. The number of hydrogen-bond donors (Lipinski definition) is 0. The molecule has 3 heteroatoms. The smallest absolute Gasteiger partial charge is 0.0542 e. The first-order valence-electron chi connectivity index (χ1n) is 22.4. The van der Waals surface area contributed by atoms with Crippen molar-refractivity contribution in [2.45, 2.75) is 13.3 Å². The molecule has 1 heterocycles. The van der Waals surface area contributed by atoms with Gasteiger partial charge in [-0.3, -0.25) is 0 Å². The summed E-state index contributed by atoms with van der Waals surface area (Å²) >= 11 is 0. The lowest BCUT2D eigenvalue weighted by Crippen LogP contribution is -2.10. The Kier molecular flexibility index (Phi) is 10.6. The van der Waals surface area contributed by atoms with Crippen molar-refractivity contribution in [3.05, 3.63) is 271 Å². The van der Waals surface area contributed by atoms with Gasteiger partial charge < -0.3 is 14.4 Å². The second-order valence-electron chi connectivity index (χ2n) is 16.6. The van der Waals surface area contributed by atoms with E-state index in [0.717, 1.165) is 57.4 Å². The summed E-state index contributed by atoms with van der Waals surface area (Å²) in [7, 11) is 0. The van der Waals surface area contributed by atoms with Crippen molar-refractivity contribution in [3.63, 3.8) is 0 Å². The van der Waals surface area contributed by atoms with Crippen molar-refractivity contribution in [3.8, 4) is 27.9 Å². The molecule has 1 aromatic heterocycles. The SMILES string of the molecule is Cc1ccc(N(c2ccccc2)c2ccc(-c3ccc(N(c4ccccc4)c4ccc5c(c4)c4ccccc4n5-c4ccccc4)cc3)cc2)cc1-c1ccccc1Cc1ccccc1. The van der Waals surface area contributed by atoms with Gasteiger partial charge in [-0.05, 0) is 149 Å². The largest absolute Gasteiger partial charge is 0.310 e. The van der Waals surface area contributed by atoms with Gasteiger partial charge in [0.25, 0.3) is 0 Å². The molecule has 0 radical (unpaired) electrons. The standard InChI is InChI=1S/C62H47N3/c1-45-30-35-55(43-59(45)57-27-15-14-20-49(57)42-46-18-6-2-7-19-46)63(50-21-8-3-9-22-50)53-36-31-47(32-37-53)48-33-38-54(39-34-48)64(51-23-10-4-11-24-51)56-40-41-62-60(44-56)58-28-16-17-29-61(58)65(62)52-25-12-5-13-26-52/h2-41,43-44H,42H2,1H3. The van der Waals surface area contributed by atoms with Crippen LogP contribution >= 0.6 is 0 Å². The van der Waals surface area contributed by atoms with E-state index in [9.17, 15) is 0 Å². The summed E-state index contributed by atoms with van der Waals surface area (Å²) in [6.07, 6.45) is 0.882. The van der Waals surface area contributed by atoms with Gasteiger partial charge in [0.05, 0.1) is 11.0 Å². The van der Waals surface area contributed by atoms with Crippen LogP contribution in [-0.4, -0.2) is 4.57 Å². The average Bonchev–Trinajstić information content (AvgIpc) is 3.70. The van der Waals surface area contributed by atoms with Gasteiger partial charge in [-0.1, -0.05) is 158 Å². The van der Waals surface area contributed by atoms with Gasteiger partial charge in [-0.2, -0.15) is 0 Å². The summed E-state index contributed by atoms with van der Waals surface area (Å²) < 4.78 is 2.37. The minimum atomic E-state index is 0.882. The summed E-state index contributed by atoms with van der Waals surface area (Å²) in [4.78, 5) is 4.72. The van der Waals surface area contributed by atoms with Gasteiger partial charge in [0.1, 0.15) is 0 Å². The van der Waals surface area contributed by atoms with Crippen molar-refractivity contribution in [2.24, 2.45) is 0 Å². The van der Waals surface area contributed by atoms with Crippen molar-refractivity contribution in [2.75, 3.05) is 9.80 Å². The first kappa shape index (κ1) is 39.4. The fourth-order valence-corrected chi connectivity index (χ4v) is 9.40. The van der Waals surface area contributed by atoms with Crippen LogP contribution in [0, 0.1) is 6.92 Å². The molecule has 0 aliphatic carbocycles. The average molecular weight is 834 g/mol. The van der Waals surface area contributed by atoms with Crippen LogP contribution in [0.25, 0.3) is 49.7 Å². The van der Waals surface area contributed by atoms with E-state index in [-0.39, 0.29) is 0 Å². The number of nitrogens with zero attached hydrogens (tertiary/aromatic N) is 3. The van der Waals surface area contributed by atoms with E-state index in [4.69, 9.17) is 0 Å². The van der Waals surface area contributed by atoms with Gasteiger partial charge in [-0.25, -0.2) is 0 Å².